The Kier molecular flexibility index (Phi) is 6.13. The number of hydrogen-bond acceptors (Lipinski definition) is 5. The molecule has 11 heteroatoms. The Hall–Kier alpha value is -4.67. The highest BCUT2D eigenvalue weighted by Gasteiger charge is 2.31. The van der Waals surface area contributed by atoms with Crippen molar-refractivity contribution in [3.05, 3.63) is 82.0 Å². The number of fused-ring (bicyclic) bond motifs is 2. The Morgan fingerprint density at radius 3 is 2.44 bits per heavy atom. The number of halogens is 1. The van der Waals surface area contributed by atoms with Crippen LogP contribution < -0.4 is 5.69 Å². The van der Waals surface area contributed by atoms with Gasteiger partial charge < -0.3 is 9.64 Å². The maximum absolute atomic E-state index is 14.6. The van der Waals surface area contributed by atoms with E-state index in [1.54, 1.807) is 63.3 Å². The number of aromatic nitrogens is 6. The molecule has 4 heterocycles. The topological polar surface area (TPSA) is 92.1 Å². The highest BCUT2D eigenvalue weighted by molar-refractivity contribution is 5.81. The molecule has 0 bridgehead atoms. The Labute approximate surface area is 236 Å². The van der Waals surface area contributed by atoms with Gasteiger partial charge in [-0.2, -0.15) is 10.2 Å². The molecule has 41 heavy (non-hydrogen) atoms. The second-order valence-electron chi connectivity index (χ2n) is 11.5. The quantitative estimate of drug-likeness (QED) is 0.315. The van der Waals surface area contributed by atoms with Crippen LogP contribution in [0.4, 0.5) is 9.18 Å². The van der Waals surface area contributed by atoms with E-state index in [0.29, 0.717) is 52.5 Å². The Bertz CT molecular complexity index is 1860. The van der Waals surface area contributed by atoms with Crippen molar-refractivity contribution in [2.45, 2.75) is 53.3 Å². The molecule has 1 aliphatic heterocycles. The average molecular weight is 558 g/mol. The highest BCUT2D eigenvalue weighted by atomic mass is 19.1. The summed E-state index contributed by atoms with van der Waals surface area (Å²) >= 11 is 0. The summed E-state index contributed by atoms with van der Waals surface area (Å²) in [4.78, 5) is 28.6. The number of benzene rings is 2. The van der Waals surface area contributed by atoms with Crippen molar-refractivity contribution in [2.75, 3.05) is 6.54 Å². The van der Waals surface area contributed by atoms with Gasteiger partial charge in [-0.05, 0) is 76.1 Å². The smallest absolute Gasteiger partial charge is 0.410 e. The molecule has 0 spiro atoms. The van der Waals surface area contributed by atoms with Gasteiger partial charge in [0, 0.05) is 36.9 Å². The number of ether oxygens (including phenoxy) is 1. The van der Waals surface area contributed by atoms with Crippen LogP contribution in [-0.4, -0.2) is 51.8 Å². The zero-order valence-corrected chi connectivity index (χ0v) is 24.0. The van der Waals surface area contributed by atoms with Gasteiger partial charge in [0.15, 0.2) is 0 Å². The van der Waals surface area contributed by atoms with Crippen molar-refractivity contribution < 1.29 is 13.9 Å². The maximum atomic E-state index is 14.6. The van der Waals surface area contributed by atoms with Crippen molar-refractivity contribution in [1.29, 1.82) is 0 Å². The Morgan fingerprint density at radius 1 is 1.02 bits per heavy atom. The third kappa shape index (κ3) is 4.60. The molecular weight excluding hydrogens is 525 g/mol. The molecular formula is C30H32FN7O3. The normalized spacial score (nSPS) is 13.6. The van der Waals surface area contributed by atoms with E-state index in [9.17, 15) is 14.0 Å². The first-order valence-corrected chi connectivity index (χ1v) is 13.5. The Morgan fingerprint density at radius 2 is 1.73 bits per heavy atom. The minimum atomic E-state index is -0.643. The molecule has 212 valence electrons. The monoisotopic (exact) mass is 557 g/mol. The van der Waals surface area contributed by atoms with E-state index in [0.717, 1.165) is 10.9 Å². The minimum Gasteiger partial charge on any atom is -0.444 e. The SMILES string of the molecule is Cc1cc(-c2nn3c(c2-n2ccn(-c4ccc5c(cnn5C)c4)c2=O)CN(C(=O)OC(C)(C)C)CC3)cc(C)c1F. The zero-order chi connectivity index (χ0) is 29.2. The van der Waals surface area contributed by atoms with Crippen LogP contribution in [0.1, 0.15) is 37.6 Å². The summed E-state index contributed by atoms with van der Waals surface area (Å²) in [5.74, 6) is -0.274. The van der Waals surface area contributed by atoms with Gasteiger partial charge in [0.05, 0.1) is 36.2 Å². The summed E-state index contributed by atoms with van der Waals surface area (Å²) in [5.41, 5.74) is 4.17. The van der Waals surface area contributed by atoms with Crippen molar-refractivity contribution >= 4 is 17.0 Å². The van der Waals surface area contributed by atoms with Crippen molar-refractivity contribution in [3.8, 4) is 22.6 Å². The van der Waals surface area contributed by atoms with Crippen LogP contribution in [0, 0.1) is 19.7 Å². The number of aryl methyl sites for hydroxylation is 3. The average Bonchev–Trinajstić information content (AvgIpc) is 3.59. The molecule has 0 unspecified atom stereocenters. The van der Waals surface area contributed by atoms with Gasteiger partial charge in [-0.1, -0.05) is 0 Å². The molecule has 2 aromatic carbocycles. The van der Waals surface area contributed by atoms with Gasteiger partial charge in [0.1, 0.15) is 22.8 Å². The summed E-state index contributed by atoms with van der Waals surface area (Å²) in [6.45, 7) is 9.94. The number of amides is 1. The third-order valence-corrected chi connectivity index (χ3v) is 7.34. The fraction of sp³-hybridized carbons (Fsp3) is 0.333. The zero-order valence-electron chi connectivity index (χ0n) is 24.0. The minimum absolute atomic E-state index is 0.204. The Balaban J connectivity index is 1.50. The first-order valence-electron chi connectivity index (χ1n) is 13.5. The summed E-state index contributed by atoms with van der Waals surface area (Å²) in [6.07, 6.45) is 4.74. The molecule has 0 aliphatic carbocycles. The van der Waals surface area contributed by atoms with Crippen LogP contribution in [0.2, 0.25) is 0 Å². The largest absolute Gasteiger partial charge is 0.444 e. The molecule has 0 saturated heterocycles. The van der Waals surface area contributed by atoms with Gasteiger partial charge >= 0.3 is 11.8 Å². The standard InChI is InChI=1S/C30H32FN7O3/c1-18-13-20(14-19(2)25(18)31)26-27(24-17-35(9-12-38(24)33-26)29(40)41-30(3,4)5)37-11-10-36(28(37)39)22-7-8-23-21(15-22)16-32-34(23)6/h7-8,10-11,13-16H,9,12,17H2,1-6H3. The van der Waals surface area contributed by atoms with E-state index < -0.39 is 11.7 Å². The summed E-state index contributed by atoms with van der Waals surface area (Å²) < 4.78 is 26.9. The van der Waals surface area contributed by atoms with Gasteiger partial charge in [0.25, 0.3) is 0 Å². The van der Waals surface area contributed by atoms with Crippen LogP contribution in [0.5, 0.6) is 0 Å². The van der Waals surface area contributed by atoms with Crippen LogP contribution in [0.3, 0.4) is 0 Å². The van der Waals surface area contributed by atoms with Gasteiger partial charge in [-0.3, -0.25) is 18.5 Å². The van der Waals surface area contributed by atoms with E-state index in [1.807, 2.05) is 50.7 Å². The predicted molar refractivity (Wildman–Crippen MR) is 153 cm³/mol. The molecule has 0 fully saturated rings. The first kappa shape index (κ1) is 26.5. The molecule has 3 aromatic heterocycles. The van der Waals surface area contributed by atoms with Gasteiger partial charge in [-0.15, -0.1) is 0 Å². The summed E-state index contributed by atoms with van der Waals surface area (Å²) in [7, 11) is 1.87. The second-order valence-corrected chi connectivity index (χ2v) is 11.5. The summed E-state index contributed by atoms with van der Waals surface area (Å²) in [5, 5.41) is 10.1. The van der Waals surface area contributed by atoms with Crippen molar-refractivity contribution in [3.63, 3.8) is 0 Å². The van der Waals surface area contributed by atoms with Crippen molar-refractivity contribution in [2.24, 2.45) is 7.05 Å². The number of nitrogens with zero attached hydrogens (tertiary/aromatic N) is 7. The number of hydrogen-bond donors (Lipinski definition) is 0. The molecule has 1 aliphatic rings. The number of carbonyl (C=O) groups excluding carboxylic acids is 1. The lowest BCUT2D eigenvalue weighted by atomic mass is 10.0. The van der Waals surface area contributed by atoms with Crippen LogP contribution >= 0.6 is 0 Å². The van der Waals surface area contributed by atoms with E-state index in [-0.39, 0.29) is 18.1 Å². The van der Waals surface area contributed by atoms with E-state index in [1.165, 1.54) is 0 Å². The fourth-order valence-corrected chi connectivity index (χ4v) is 5.36. The number of imidazole rings is 1. The highest BCUT2D eigenvalue weighted by Crippen LogP contribution is 2.33. The van der Waals surface area contributed by atoms with Gasteiger partial charge in [-0.25, -0.2) is 14.0 Å². The van der Waals surface area contributed by atoms with Crippen LogP contribution in [0.25, 0.3) is 33.5 Å². The molecule has 1 amide bonds. The molecule has 0 atom stereocenters. The fourth-order valence-electron chi connectivity index (χ4n) is 5.36. The lowest BCUT2D eigenvalue weighted by Gasteiger charge is -2.30. The summed E-state index contributed by atoms with van der Waals surface area (Å²) in [6, 6.07) is 9.20. The van der Waals surface area contributed by atoms with Gasteiger partial charge in [0.2, 0.25) is 0 Å². The van der Waals surface area contributed by atoms with E-state index in [2.05, 4.69) is 5.10 Å². The predicted octanol–water partition coefficient (Wildman–Crippen LogP) is 4.89. The molecule has 0 N–H and O–H groups in total. The maximum Gasteiger partial charge on any atom is 0.410 e. The number of carbonyl (C=O) groups is 1. The first-order chi connectivity index (χ1) is 19.4. The number of rotatable bonds is 3. The van der Waals surface area contributed by atoms with Crippen LogP contribution in [0.15, 0.2) is 53.7 Å². The lowest BCUT2D eigenvalue weighted by Crippen LogP contribution is -2.42. The van der Waals surface area contributed by atoms with E-state index >= 15 is 0 Å². The molecule has 0 saturated carbocycles. The molecule has 10 nitrogen and oxygen atoms in total. The molecule has 0 radical (unpaired) electrons. The van der Waals surface area contributed by atoms with E-state index in [4.69, 9.17) is 9.84 Å². The third-order valence-electron chi connectivity index (χ3n) is 7.34. The molecule has 6 rings (SSSR count). The molecule has 5 aromatic rings. The van der Waals surface area contributed by atoms with Crippen LogP contribution in [-0.2, 0) is 24.9 Å². The lowest BCUT2D eigenvalue weighted by molar-refractivity contribution is 0.0194. The second kappa shape index (κ2) is 9.46. The van der Waals surface area contributed by atoms with Crippen molar-refractivity contribution in [1.82, 2.24) is 33.6 Å².